The molecule has 0 aliphatic rings. The molecule has 1 radical (unpaired) electrons. The molecule has 0 heterocycles. The summed E-state index contributed by atoms with van der Waals surface area (Å²) >= 11 is 0. The van der Waals surface area contributed by atoms with Crippen LogP contribution in [0.1, 0.15) is 20.3 Å². The fourth-order valence-corrected chi connectivity index (χ4v) is 0.491. The van der Waals surface area contributed by atoms with E-state index in [4.69, 9.17) is 0 Å². The zero-order valence-corrected chi connectivity index (χ0v) is 5.35. The molecule has 0 bridgehead atoms. The van der Waals surface area contributed by atoms with Crippen LogP contribution in [0.4, 0.5) is 0 Å². The minimum Gasteiger partial charge on any atom is -0.290 e. The Balaban J connectivity index is 3.52. The molecule has 1 heteroatoms. The van der Waals surface area contributed by atoms with Crippen molar-refractivity contribution in [3.63, 3.8) is 0 Å². The van der Waals surface area contributed by atoms with E-state index in [1.54, 1.807) is 0 Å². The highest BCUT2D eigenvalue weighted by Gasteiger charge is 1.96. The number of hydrogen-bond donors (Lipinski definition) is 0. The summed E-state index contributed by atoms with van der Waals surface area (Å²) in [6.45, 7) is 3.87. The zero-order valence-electron chi connectivity index (χ0n) is 5.35. The summed E-state index contributed by atoms with van der Waals surface area (Å²) in [4.78, 5) is 9.95. The third-order valence-corrected chi connectivity index (χ3v) is 1.02. The molecule has 1 atom stereocenters. The van der Waals surface area contributed by atoms with Crippen LogP contribution < -0.4 is 0 Å². The van der Waals surface area contributed by atoms with E-state index in [0.29, 0.717) is 0 Å². The second-order valence-corrected chi connectivity index (χ2v) is 1.66. The fraction of sp³-hybridized carbons (Fsp3) is 0.571. The predicted molar refractivity (Wildman–Crippen MR) is 34.3 cm³/mol. The van der Waals surface area contributed by atoms with Crippen LogP contribution in [0, 0.1) is 5.92 Å². The summed E-state index contributed by atoms with van der Waals surface area (Å²) in [5.41, 5.74) is 0. The van der Waals surface area contributed by atoms with Crippen molar-refractivity contribution >= 4 is 6.29 Å². The molecule has 0 saturated carbocycles. The molecule has 8 heavy (non-hydrogen) atoms. The Hall–Kier alpha value is -0.590. The SMILES string of the molecule is C/C=C/C([C]=O)CC. The van der Waals surface area contributed by atoms with Crippen molar-refractivity contribution < 1.29 is 4.79 Å². The van der Waals surface area contributed by atoms with E-state index in [1.807, 2.05) is 32.3 Å². The largest absolute Gasteiger partial charge is 0.290 e. The lowest BCUT2D eigenvalue weighted by Crippen LogP contribution is -1.92. The molecule has 0 aromatic rings. The minimum atomic E-state index is 0.0139. The number of allylic oxidation sites excluding steroid dienone is 2. The smallest absolute Gasteiger partial charge is 0.205 e. The Morgan fingerprint density at radius 1 is 1.75 bits per heavy atom. The summed E-state index contributed by atoms with van der Waals surface area (Å²) in [5.74, 6) is 0.0139. The third-order valence-electron chi connectivity index (χ3n) is 1.02. The van der Waals surface area contributed by atoms with Crippen molar-refractivity contribution in [1.82, 2.24) is 0 Å². The summed E-state index contributed by atoms with van der Waals surface area (Å²) in [5, 5.41) is 0. The van der Waals surface area contributed by atoms with Gasteiger partial charge in [0.15, 0.2) is 0 Å². The Bertz CT molecular complexity index is 84.4. The molecule has 0 aromatic carbocycles. The molecule has 0 N–H and O–H groups in total. The quantitative estimate of drug-likeness (QED) is 0.506. The summed E-state index contributed by atoms with van der Waals surface area (Å²) in [7, 11) is 0. The number of rotatable bonds is 3. The minimum absolute atomic E-state index is 0.0139. The van der Waals surface area contributed by atoms with Crippen molar-refractivity contribution in [2.24, 2.45) is 5.92 Å². The first-order valence-electron chi connectivity index (χ1n) is 2.85. The zero-order chi connectivity index (χ0) is 6.41. The second kappa shape index (κ2) is 4.57. The van der Waals surface area contributed by atoms with Crippen LogP contribution in [0.3, 0.4) is 0 Å². The van der Waals surface area contributed by atoms with Gasteiger partial charge in [-0.15, -0.1) is 0 Å². The molecule has 0 spiro atoms. The van der Waals surface area contributed by atoms with E-state index in [0.717, 1.165) is 6.42 Å². The Morgan fingerprint density at radius 2 is 2.38 bits per heavy atom. The lowest BCUT2D eigenvalue weighted by Gasteiger charge is -1.93. The van der Waals surface area contributed by atoms with Gasteiger partial charge in [-0.3, -0.25) is 4.79 Å². The van der Waals surface area contributed by atoms with Crippen LogP contribution in [0.5, 0.6) is 0 Å². The van der Waals surface area contributed by atoms with Gasteiger partial charge in [0.25, 0.3) is 0 Å². The average molecular weight is 111 g/mol. The summed E-state index contributed by atoms with van der Waals surface area (Å²) < 4.78 is 0. The van der Waals surface area contributed by atoms with E-state index in [-0.39, 0.29) is 5.92 Å². The van der Waals surface area contributed by atoms with Crippen molar-refractivity contribution in [2.45, 2.75) is 20.3 Å². The maximum Gasteiger partial charge on any atom is 0.205 e. The molecule has 0 fully saturated rings. The lowest BCUT2D eigenvalue weighted by atomic mass is 10.1. The van der Waals surface area contributed by atoms with Crippen LogP contribution in [-0.4, -0.2) is 6.29 Å². The van der Waals surface area contributed by atoms with Crippen molar-refractivity contribution in [2.75, 3.05) is 0 Å². The standard InChI is InChI=1S/C7H11O/c1-3-5-7(4-2)6-8/h3,5,7H,4H2,1-2H3/b5-3+. The molecule has 1 nitrogen and oxygen atoms in total. The topological polar surface area (TPSA) is 17.1 Å². The van der Waals surface area contributed by atoms with Crippen molar-refractivity contribution in [3.8, 4) is 0 Å². The highest BCUT2D eigenvalue weighted by atomic mass is 16.1. The Labute approximate surface area is 50.4 Å². The Morgan fingerprint density at radius 3 is 2.50 bits per heavy atom. The number of carbonyl (C=O) groups excluding carboxylic acids is 1. The first kappa shape index (κ1) is 7.41. The maximum atomic E-state index is 9.95. The van der Waals surface area contributed by atoms with Crippen molar-refractivity contribution in [1.29, 1.82) is 0 Å². The lowest BCUT2D eigenvalue weighted by molar-refractivity contribution is 0.535. The first-order chi connectivity index (χ1) is 3.85. The monoisotopic (exact) mass is 111 g/mol. The van der Waals surface area contributed by atoms with Crippen molar-refractivity contribution in [3.05, 3.63) is 12.2 Å². The van der Waals surface area contributed by atoms with E-state index >= 15 is 0 Å². The van der Waals surface area contributed by atoms with Gasteiger partial charge in [0.1, 0.15) is 0 Å². The summed E-state index contributed by atoms with van der Waals surface area (Å²) in [6, 6.07) is 0. The van der Waals surface area contributed by atoms with Gasteiger partial charge in [-0.2, -0.15) is 0 Å². The predicted octanol–water partition coefficient (Wildman–Crippen LogP) is 1.70. The highest BCUT2D eigenvalue weighted by Crippen LogP contribution is 1.98. The molecular formula is C7H11O. The fourth-order valence-electron chi connectivity index (χ4n) is 0.491. The van der Waals surface area contributed by atoms with Gasteiger partial charge in [-0.05, 0) is 13.3 Å². The van der Waals surface area contributed by atoms with Gasteiger partial charge in [0.05, 0.1) is 0 Å². The number of hydrogen-bond acceptors (Lipinski definition) is 1. The van der Waals surface area contributed by atoms with Gasteiger partial charge in [0, 0.05) is 5.92 Å². The summed E-state index contributed by atoms with van der Waals surface area (Å²) in [6.07, 6.45) is 6.50. The molecule has 0 saturated heterocycles. The molecule has 0 aliphatic heterocycles. The van der Waals surface area contributed by atoms with Crippen LogP contribution in [0.25, 0.3) is 0 Å². The van der Waals surface area contributed by atoms with Crippen LogP contribution >= 0.6 is 0 Å². The van der Waals surface area contributed by atoms with Gasteiger partial charge < -0.3 is 0 Å². The normalized spacial score (nSPS) is 14.2. The highest BCUT2D eigenvalue weighted by molar-refractivity contribution is 5.57. The molecule has 45 valence electrons. The average Bonchev–Trinajstić information content (AvgIpc) is 1.83. The van der Waals surface area contributed by atoms with Gasteiger partial charge in [-0.25, -0.2) is 0 Å². The van der Waals surface area contributed by atoms with E-state index < -0.39 is 0 Å². The molecule has 1 unspecified atom stereocenters. The first-order valence-corrected chi connectivity index (χ1v) is 2.85. The molecule has 0 aliphatic carbocycles. The van der Waals surface area contributed by atoms with Crippen LogP contribution in [0.15, 0.2) is 12.2 Å². The van der Waals surface area contributed by atoms with E-state index in [2.05, 4.69) is 0 Å². The van der Waals surface area contributed by atoms with Gasteiger partial charge in [-0.1, -0.05) is 19.1 Å². The molecular weight excluding hydrogens is 100 g/mol. The van der Waals surface area contributed by atoms with E-state index in [1.165, 1.54) is 0 Å². The van der Waals surface area contributed by atoms with Crippen LogP contribution in [-0.2, 0) is 4.79 Å². The van der Waals surface area contributed by atoms with Crippen LogP contribution in [0.2, 0.25) is 0 Å². The van der Waals surface area contributed by atoms with Gasteiger partial charge >= 0.3 is 0 Å². The van der Waals surface area contributed by atoms with Gasteiger partial charge in [0.2, 0.25) is 6.29 Å². The second-order valence-electron chi connectivity index (χ2n) is 1.66. The molecule has 0 amide bonds. The maximum absolute atomic E-state index is 9.95. The molecule has 0 rings (SSSR count). The van der Waals surface area contributed by atoms with E-state index in [9.17, 15) is 4.79 Å². The Kier molecular flexibility index (Phi) is 4.23. The molecule has 0 aromatic heterocycles. The third kappa shape index (κ3) is 2.56.